The van der Waals surface area contributed by atoms with Gasteiger partial charge in [-0.2, -0.15) is 0 Å². The highest BCUT2D eigenvalue weighted by molar-refractivity contribution is 7.98. The van der Waals surface area contributed by atoms with E-state index in [0.717, 1.165) is 47.3 Å². The normalized spacial score (nSPS) is 19.2. The molecule has 7 heteroatoms. The molecule has 0 radical (unpaired) electrons. The fourth-order valence-electron chi connectivity index (χ4n) is 3.29. The summed E-state index contributed by atoms with van der Waals surface area (Å²) in [6.07, 6.45) is 4.99. The Morgan fingerprint density at radius 2 is 1.88 bits per heavy atom. The zero-order valence-electron chi connectivity index (χ0n) is 14.7. The molecule has 1 aliphatic heterocycles. The molecule has 1 saturated heterocycles. The van der Waals surface area contributed by atoms with Gasteiger partial charge in [-0.1, -0.05) is 23.8 Å². The van der Waals surface area contributed by atoms with E-state index >= 15 is 0 Å². The average Bonchev–Trinajstić information content (AvgIpc) is 3.25. The van der Waals surface area contributed by atoms with Crippen molar-refractivity contribution in [2.45, 2.75) is 63.4 Å². The van der Waals surface area contributed by atoms with Crippen LogP contribution in [0.5, 0.6) is 0 Å². The van der Waals surface area contributed by atoms with Gasteiger partial charge in [0.15, 0.2) is 5.16 Å². The molecule has 130 valence electrons. The summed E-state index contributed by atoms with van der Waals surface area (Å²) < 4.78 is 7.64. The van der Waals surface area contributed by atoms with Gasteiger partial charge in [0.2, 0.25) is 5.95 Å². The summed E-state index contributed by atoms with van der Waals surface area (Å²) in [6, 6.07) is 0.585. The van der Waals surface area contributed by atoms with Crippen LogP contribution >= 0.6 is 11.8 Å². The average molecular weight is 347 g/mol. The fraction of sp³-hybridized carbons (Fsp3) is 0.706. The molecular weight excluding hydrogens is 322 g/mol. The van der Waals surface area contributed by atoms with E-state index in [2.05, 4.69) is 31.7 Å². The highest BCUT2D eigenvalue weighted by Crippen LogP contribution is 2.42. The van der Waals surface area contributed by atoms with Crippen molar-refractivity contribution in [2.75, 3.05) is 18.0 Å². The van der Waals surface area contributed by atoms with Crippen LogP contribution in [0, 0.1) is 19.8 Å². The predicted molar refractivity (Wildman–Crippen MR) is 94.4 cm³/mol. The summed E-state index contributed by atoms with van der Waals surface area (Å²) in [5.41, 5.74) is 2.15. The molecule has 3 heterocycles. The number of hydrogen-bond acceptors (Lipinski definition) is 6. The first-order chi connectivity index (χ1) is 11.6. The summed E-state index contributed by atoms with van der Waals surface area (Å²) in [5, 5.41) is 14.1. The van der Waals surface area contributed by atoms with Gasteiger partial charge in [-0.3, -0.25) is 4.57 Å². The minimum atomic E-state index is 0.585. The van der Waals surface area contributed by atoms with Crippen molar-refractivity contribution in [1.29, 1.82) is 0 Å². The molecule has 2 aromatic heterocycles. The number of aromatic nitrogens is 4. The van der Waals surface area contributed by atoms with Crippen molar-refractivity contribution in [2.24, 2.45) is 5.92 Å². The zero-order valence-corrected chi connectivity index (χ0v) is 15.5. The molecule has 0 N–H and O–H groups in total. The SMILES string of the molecule is Cc1noc(C)c1CSc1nnc(N2CCC(C)CC2)n1C1CC1. The number of hydrogen-bond donors (Lipinski definition) is 0. The largest absolute Gasteiger partial charge is 0.361 e. The number of anilines is 1. The van der Waals surface area contributed by atoms with Gasteiger partial charge >= 0.3 is 0 Å². The number of aryl methyl sites for hydroxylation is 2. The van der Waals surface area contributed by atoms with Crippen molar-refractivity contribution in [3.05, 3.63) is 17.0 Å². The summed E-state index contributed by atoms with van der Waals surface area (Å²) in [6.45, 7) is 8.51. The number of piperidine rings is 1. The van der Waals surface area contributed by atoms with Crippen LogP contribution in [-0.2, 0) is 5.75 Å². The maximum absolute atomic E-state index is 5.27. The Kier molecular flexibility index (Phi) is 4.28. The number of rotatable bonds is 5. The Balaban J connectivity index is 1.53. The quantitative estimate of drug-likeness (QED) is 0.768. The molecule has 0 bridgehead atoms. The molecule has 0 unspecified atom stereocenters. The van der Waals surface area contributed by atoms with Crippen LogP contribution in [0.25, 0.3) is 0 Å². The fourth-order valence-corrected chi connectivity index (χ4v) is 4.44. The lowest BCUT2D eigenvalue weighted by atomic mass is 10.00. The molecule has 1 aliphatic carbocycles. The van der Waals surface area contributed by atoms with Crippen LogP contribution in [0.2, 0.25) is 0 Å². The Hall–Kier alpha value is -1.50. The standard InChI is InChI=1S/C17H25N5OS/c1-11-6-8-21(9-7-11)16-18-19-17(22(16)14-4-5-14)24-10-15-12(2)20-23-13(15)3/h11,14H,4-10H2,1-3H3. The smallest absolute Gasteiger partial charge is 0.228 e. The number of nitrogens with zero attached hydrogens (tertiary/aromatic N) is 5. The van der Waals surface area contributed by atoms with Crippen LogP contribution in [0.15, 0.2) is 9.68 Å². The first-order valence-electron chi connectivity index (χ1n) is 8.88. The van der Waals surface area contributed by atoms with Crippen LogP contribution < -0.4 is 4.90 Å². The molecule has 6 nitrogen and oxygen atoms in total. The molecule has 24 heavy (non-hydrogen) atoms. The molecule has 0 atom stereocenters. The van der Waals surface area contributed by atoms with Crippen molar-refractivity contribution < 1.29 is 4.52 Å². The second-order valence-corrected chi connectivity index (χ2v) is 8.09. The molecular formula is C17H25N5OS. The van der Waals surface area contributed by atoms with Crippen LogP contribution in [-0.4, -0.2) is 33.0 Å². The maximum Gasteiger partial charge on any atom is 0.228 e. The van der Waals surface area contributed by atoms with E-state index in [4.69, 9.17) is 4.52 Å². The van der Waals surface area contributed by atoms with Crippen LogP contribution in [0.3, 0.4) is 0 Å². The lowest BCUT2D eigenvalue weighted by Crippen LogP contribution is -2.34. The summed E-state index contributed by atoms with van der Waals surface area (Å²) in [5.74, 6) is 3.64. The lowest BCUT2D eigenvalue weighted by molar-refractivity contribution is 0.392. The van der Waals surface area contributed by atoms with Gasteiger partial charge in [-0.15, -0.1) is 10.2 Å². The molecule has 4 rings (SSSR count). The van der Waals surface area contributed by atoms with Gasteiger partial charge in [0.1, 0.15) is 5.76 Å². The van der Waals surface area contributed by atoms with E-state index in [9.17, 15) is 0 Å². The van der Waals surface area contributed by atoms with E-state index in [1.54, 1.807) is 11.8 Å². The van der Waals surface area contributed by atoms with Gasteiger partial charge in [0.25, 0.3) is 0 Å². The van der Waals surface area contributed by atoms with Crippen molar-refractivity contribution >= 4 is 17.7 Å². The molecule has 0 amide bonds. The van der Waals surface area contributed by atoms with E-state index in [0.29, 0.717) is 6.04 Å². The van der Waals surface area contributed by atoms with E-state index in [-0.39, 0.29) is 0 Å². The first-order valence-corrected chi connectivity index (χ1v) is 9.86. The van der Waals surface area contributed by atoms with Crippen LogP contribution in [0.1, 0.15) is 55.7 Å². The lowest BCUT2D eigenvalue weighted by Gasteiger charge is -2.31. The molecule has 2 aromatic rings. The highest BCUT2D eigenvalue weighted by Gasteiger charge is 2.32. The van der Waals surface area contributed by atoms with E-state index < -0.39 is 0 Å². The minimum absolute atomic E-state index is 0.585. The van der Waals surface area contributed by atoms with Crippen molar-refractivity contribution in [1.82, 2.24) is 19.9 Å². The molecule has 2 fully saturated rings. The summed E-state index contributed by atoms with van der Waals surface area (Å²) >= 11 is 1.75. The van der Waals surface area contributed by atoms with Gasteiger partial charge < -0.3 is 9.42 Å². The van der Waals surface area contributed by atoms with Gasteiger partial charge in [-0.25, -0.2) is 0 Å². The summed E-state index contributed by atoms with van der Waals surface area (Å²) in [7, 11) is 0. The topological polar surface area (TPSA) is 60.0 Å². The third-order valence-corrected chi connectivity index (χ3v) is 6.12. The monoisotopic (exact) mass is 347 g/mol. The molecule has 2 aliphatic rings. The second-order valence-electron chi connectivity index (χ2n) is 7.14. The Morgan fingerprint density at radius 1 is 1.12 bits per heavy atom. The molecule has 0 aromatic carbocycles. The van der Waals surface area contributed by atoms with E-state index in [1.165, 1.54) is 31.2 Å². The Morgan fingerprint density at radius 3 is 2.50 bits per heavy atom. The molecule has 0 spiro atoms. The second kappa shape index (κ2) is 6.43. The third kappa shape index (κ3) is 3.06. The maximum atomic E-state index is 5.27. The van der Waals surface area contributed by atoms with Gasteiger partial charge in [0, 0.05) is 30.4 Å². The molecule has 1 saturated carbocycles. The van der Waals surface area contributed by atoms with Crippen molar-refractivity contribution in [3.63, 3.8) is 0 Å². The highest BCUT2D eigenvalue weighted by atomic mass is 32.2. The van der Waals surface area contributed by atoms with Crippen LogP contribution in [0.4, 0.5) is 5.95 Å². The first kappa shape index (κ1) is 16.0. The van der Waals surface area contributed by atoms with Crippen molar-refractivity contribution in [3.8, 4) is 0 Å². The zero-order chi connectivity index (χ0) is 16.7. The van der Waals surface area contributed by atoms with Gasteiger partial charge in [0.05, 0.1) is 5.69 Å². The minimum Gasteiger partial charge on any atom is -0.361 e. The van der Waals surface area contributed by atoms with E-state index in [1.807, 2.05) is 13.8 Å². The predicted octanol–water partition coefficient (Wildman–Crippen LogP) is 3.75. The Bertz CT molecular complexity index is 693. The third-order valence-electron chi connectivity index (χ3n) is 5.15. The number of thioether (sulfide) groups is 1. The Labute approximate surface area is 147 Å². The summed E-state index contributed by atoms with van der Waals surface area (Å²) in [4.78, 5) is 2.42. The van der Waals surface area contributed by atoms with Gasteiger partial charge in [-0.05, 0) is 45.4 Å².